The van der Waals surface area contributed by atoms with E-state index in [0.717, 1.165) is 24.2 Å². The van der Waals surface area contributed by atoms with Gasteiger partial charge >= 0.3 is 0 Å². The Hall–Kier alpha value is -4.47. The van der Waals surface area contributed by atoms with Crippen LogP contribution in [-0.2, 0) is 20.9 Å². The van der Waals surface area contributed by atoms with E-state index in [1.807, 2.05) is 91.2 Å². The van der Waals surface area contributed by atoms with Crippen molar-refractivity contribution in [3.8, 4) is 5.75 Å². The number of aliphatic hydroxyl groups is 1. The van der Waals surface area contributed by atoms with Gasteiger partial charge in [0.15, 0.2) is 5.76 Å². The van der Waals surface area contributed by atoms with Crippen LogP contribution in [0.25, 0.3) is 11.4 Å². The second-order valence-electron chi connectivity index (χ2n) is 10.7. The molecule has 1 N–H and O–H groups in total. The molecular weight excluding hydrogens is 532 g/mol. The number of fused-ring (bicyclic) bond motifs is 1. The van der Waals surface area contributed by atoms with E-state index in [0.29, 0.717) is 61.3 Å². The topological polar surface area (TPSA) is 96.6 Å². The molecule has 216 valence electrons. The van der Waals surface area contributed by atoms with E-state index in [-0.39, 0.29) is 11.3 Å². The van der Waals surface area contributed by atoms with Crippen LogP contribution < -0.4 is 4.74 Å². The molecule has 0 bridgehead atoms. The van der Waals surface area contributed by atoms with Crippen molar-refractivity contribution in [2.24, 2.45) is 0 Å². The summed E-state index contributed by atoms with van der Waals surface area (Å²) in [6, 6.07) is 20.4. The molecule has 1 amide bonds. The molecule has 2 fully saturated rings. The number of carbonyl (C=O) groups is 2. The quantitative estimate of drug-likeness (QED) is 0.193. The lowest BCUT2D eigenvalue weighted by atomic mass is 9.96. The lowest BCUT2D eigenvalue weighted by Gasteiger charge is -2.31. The molecule has 6 rings (SSSR count). The molecule has 0 spiro atoms. The number of pyridine rings is 1. The number of benzene rings is 2. The van der Waals surface area contributed by atoms with Crippen molar-refractivity contribution in [3.63, 3.8) is 0 Å². The summed E-state index contributed by atoms with van der Waals surface area (Å²) in [5.41, 5.74) is 4.42. The first-order chi connectivity index (χ1) is 20.4. The lowest BCUT2D eigenvalue weighted by molar-refractivity contribution is -0.140. The SMILES string of the molecule is Cc1cccn2c(C)c(C(O)=C3C(=O)C(=O)N(CCN4CCOCC4)C3c3ccc(OCc4ccccc4)cc3)nc12. The number of aliphatic hydroxyl groups excluding tert-OH is 1. The van der Waals surface area contributed by atoms with Crippen molar-refractivity contribution in [1.82, 2.24) is 19.2 Å². The number of imidazole rings is 1. The first-order valence-corrected chi connectivity index (χ1v) is 14.2. The van der Waals surface area contributed by atoms with Gasteiger partial charge < -0.3 is 23.9 Å². The maximum Gasteiger partial charge on any atom is 0.295 e. The standard InChI is InChI=1S/C33H34N4O5/c1-22-7-6-14-36-23(2)28(34-32(22)36)30(38)27-29(37(33(40)31(27)39)16-15-35-17-19-41-20-18-35)25-10-12-26(13-11-25)42-21-24-8-4-3-5-9-24/h3-14,29,38H,15-21H2,1-2H3. The molecule has 1 atom stereocenters. The second kappa shape index (κ2) is 11.8. The van der Waals surface area contributed by atoms with E-state index in [2.05, 4.69) is 9.88 Å². The van der Waals surface area contributed by atoms with E-state index in [4.69, 9.17) is 9.47 Å². The minimum atomic E-state index is -0.764. The molecule has 2 aliphatic rings. The van der Waals surface area contributed by atoms with Crippen LogP contribution in [0.15, 0.2) is 78.5 Å². The number of hydrogen-bond acceptors (Lipinski definition) is 7. The molecule has 4 heterocycles. The fourth-order valence-electron chi connectivity index (χ4n) is 5.69. The van der Waals surface area contributed by atoms with Gasteiger partial charge in [-0.25, -0.2) is 4.98 Å². The molecule has 0 saturated carbocycles. The number of nitrogens with zero attached hydrogens (tertiary/aromatic N) is 4. The Balaban J connectivity index is 1.36. The van der Waals surface area contributed by atoms with Gasteiger partial charge in [-0.3, -0.25) is 14.5 Å². The van der Waals surface area contributed by atoms with Crippen LogP contribution in [0.5, 0.6) is 5.75 Å². The first-order valence-electron chi connectivity index (χ1n) is 14.2. The molecule has 0 radical (unpaired) electrons. The van der Waals surface area contributed by atoms with Crippen LogP contribution in [0.1, 0.15) is 34.1 Å². The van der Waals surface area contributed by atoms with Gasteiger partial charge in [0.2, 0.25) is 0 Å². The highest BCUT2D eigenvalue weighted by molar-refractivity contribution is 6.46. The second-order valence-corrected chi connectivity index (χ2v) is 10.7. The number of morpholine rings is 1. The van der Waals surface area contributed by atoms with Gasteiger partial charge in [-0.2, -0.15) is 0 Å². The summed E-state index contributed by atoms with van der Waals surface area (Å²) in [6.07, 6.45) is 1.87. The third kappa shape index (κ3) is 5.29. The zero-order chi connectivity index (χ0) is 29.2. The van der Waals surface area contributed by atoms with Gasteiger partial charge in [-0.05, 0) is 48.7 Å². The number of Topliss-reactive ketones (excluding diaryl/α,β-unsaturated/α-hetero) is 1. The summed E-state index contributed by atoms with van der Waals surface area (Å²) in [7, 11) is 0. The molecule has 9 nitrogen and oxygen atoms in total. The number of aromatic nitrogens is 2. The molecule has 9 heteroatoms. The van der Waals surface area contributed by atoms with Crippen LogP contribution in [0.2, 0.25) is 0 Å². The van der Waals surface area contributed by atoms with Crippen molar-refractivity contribution in [2.75, 3.05) is 39.4 Å². The number of amides is 1. The van der Waals surface area contributed by atoms with Crippen LogP contribution in [0.3, 0.4) is 0 Å². The number of carbonyl (C=O) groups excluding carboxylic acids is 2. The third-order valence-electron chi connectivity index (χ3n) is 8.05. The van der Waals surface area contributed by atoms with E-state index in [9.17, 15) is 14.7 Å². The van der Waals surface area contributed by atoms with Crippen molar-refractivity contribution in [2.45, 2.75) is 26.5 Å². The Kier molecular flexibility index (Phi) is 7.78. The third-order valence-corrected chi connectivity index (χ3v) is 8.05. The predicted octanol–water partition coefficient (Wildman–Crippen LogP) is 4.28. The van der Waals surface area contributed by atoms with Crippen LogP contribution in [0.4, 0.5) is 0 Å². The summed E-state index contributed by atoms with van der Waals surface area (Å²) < 4.78 is 13.3. The maximum absolute atomic E-state index is 13.6. The fraction of sp³-hybridized carbons (Fsp3) is 0.303. The van der Waals surface area contributed by atoms with Gasteiger partial charge in [0.05, 0.1) is 30.5 Å². The van der Waals surface area contributed by atoms with E-state index in [1.165, 1.54) is 0 Å². The molecular formula is C33H34N4O5. The van der Waals surface area contributed by atoms with Crippen LogP contribution >= 0.6 is 0 Å². The van der Waals surface area contributed by atoms with E-state index < -0.39 is 17.7 Å². The minimum Gasteiger partial charge on any atom is -0.505 e. The molecule has 1 unspecified atom stereocenters. The molecule has 2 saturated heterocycles. The molecule has 2 aromatic heterocycles. The van der Waals surface area contributed by atoms with E-state index >= 15 is 0 Å². The Labute approximate surface area is 244 Å². The fourth-order valence-corrected chi connectivity index (χ4v) is 5.69. The van der Waals surface area contributed by atoms with E-state index in [1.54, 1.807) is 4.90 Å². The first kappa shape index (κ1) is 27.7. The average Bonchev–Trinajstić information content (AvgIpc) is 3.49. The van der Waals surface area contributed by atoms with Crippen molar-refractivity contribution in [3.05, 3.63) is 107 Å². The largest absolute Gasteiger partial charge is 0.505 e. The monoisotopic (exact) mass is 566 g/mol. The average molecular weight is 567 g/mol. The summed E-state index contributed by atoms with van der Waals surface area (Å²) in [5.74, 6) is -0.939. The van der Waals surface area contributed by atoms with Gasteiger partial charge in [-0.15, -0.1) is 0 Å². The number of aryl methyl sites for hydroxylation is 2. The van der Waals surface area contributed by atoms with Crippen LogP contribution in [0, 0.1) is 13.8 Å². The van der Waals surface area contributed by atoms with Gasteiger partial charge in [0.1, 0.15) is 23.7 Å². The molecule has 4 aromatic rings. The van der Waals surface area contributed by atoms with Crippen molar-refractivity contribution < 1.29 is 24.2 Å². The normalized spacial score (nSPS) is 19.1. The lowest BCUT2D eigenvalue weighted by Crippen LogP contribution is -2.42. The highest BCUT2D eigenvalue weighted by Crippen LogP contribution is 2.40. The summed E-state index contributed by atoms with van der Waals surface area (Å²) in [5, 5.41) is 11.7. The highest BCUT2D eigenvalue weighted by Gasteiger charge is 2.46. The van der Waals surface area contributed by atoms with Gasteiger partial charge in [-0.1, -0.05) is 48.5 Å². The molecule has 42 heavy (non-hydrogen) atoms. The summed E-state index contributed by atoms with van der Waals surface area (Å²) in [4.78, 5) is 35.5. The Morgan fingerprint density at radius 2 is 1.71 bits per heavy atom. The molecule has 2 aliphatic heterocycles. The van der Waals surface area contributed by atoms with Crippen molar-refractivity contribution >= 4 is 23.1 Å². The zero-order valence-electron chi connectivity index (χ0n) is 23.8. The minimum absolute atomic E-state index is 0.0455. The van der Waals surface area contributed by atoms with Crippen LogP contribution in [-0.4, -0.2) is 75.4 Å². The molecule has 0 aliphatic carbocycles. The Morgan fingerprint density at radius 3 is 2.43 bits per heavy atom. The van der Waals surface area contributed by atoms with Crippen molar-refractivity contribution in [1.29, 1.82) is 0 Å². The zero-order valence-corrected chi connectivity index (χ0v) is 23.8. The Bertz CT molecular complexity index is 1640. The van der Waals surface area contributed by atoms with Gasteiger partial charge in [0.25, 0.3) is 11.7 Å². The maximum atomic E-state index is 13.6. The predicted molar refractivity (Wildman–Crippen MR) is 158 cm³/mol. The summed E-state index contributed by atoms with van der Waals surface area (Å²) in [6.45, 7) is 7.95. The number of ketones is 1. The smallest absolute Gasteiger partial charge is 0.295 e. The number of likely N-dealkylation sites (tertiary alicyclic amines) is 1. The number of ether oxygens (including phenoxy) is 2. The van der Waals surface area contributed by atoms with Gasteiger partial charge in [0, 0.05) is 32.4 Å². The summed E-state index contributed by atoms with van der Waals surface area (Å²) >= 11 is 0. The Morgan fingerprint density at radius 1 is 0.976 bits per heavy atom. The number of rotatable bonds is 8. The highest BCUT2D eigenvalue weighted by atomic mass is 16.5. The molecule has 2 aromatic carbocycles. The number of hydrogen-bond donors (Lipinski definition) is 1.